The van der Waals surface area contributed by atoms with Crippen molar-refractivity contribution in [2.24, 2.45) is 5.41 Å². The monoisotopic (exact) mass is 376 g/mol. The van der Waals surface area contributed by atoms with Gasteiger partial charge in [0.2, 0.25) is 0 Å². The molecule has 0 bridgehead atoms. The van der Waals surface area contributed by atoms with Crippen molar-refractivity contribution in [3.8, 4) is 11.3 Å². The van der Waals surface area contributed by atoms with Gasteiger partial charge in [-0.05, 0) is 24.3 Å². The molecule has 0 aliphatic rings. The number of carbonyl (C=O) groups is 1. The minimum Gasteiger partial charge on any atom is -0.322 e. The van der Waals surface area contributed by atoms with Crippen LogP contribution < -0.4 is 0 Å². The van der Waals surface area contributed by atoms with Gasteiger partial charge in [0.15, 0.2) is 0 Å². The molecular formula is C23H28N4O. The first-order chi connectivity index (χ1) is 13.3. The lowest BCUT2D eigenvalue weighted by Crippen LogP contribution is -2.41. The Bertz CT molecular complexity index is 908. The summed E-state index contributed by atoms with van der Waals surface area (Å²) < 4.78 is 1.35. The van der Waals surface area contributed by atoms with Gasteiger partial charge in [0, 0.05) is 18.7 Å². The molecule has 0 saturated carbocycles. The number of hydrogen-bond acceptors (Lipinski definition) is 3. The van der Waals surface area contributed by atoms with Crippen LogP contribution >= 0.6 is 0 Å². The first-order valence-corrected chi connectivity index (χ1v) is 9.64. The van der Waals surface area contributed by atoms with Crippen molar-refractivity contribution in [2.75, 3.05) is 13.1 Å². The predicted octanol–water partition coefficient (Wildman–Crippen LogP) is 4.81. The third-order valence-electron chi connectivity index (χ3n) is 4.49. The van der Waals surface area contributed by atoms with Gasteiger partial charge in [-0.1, -0.05) is 86.1 Å². The Balaban J connectivity index is 1.77. The smallest absolute Gasteiger partial charge is 0.322 e. The Morgan fingerprint density at radius 1 is 1.04 bits per heavy atom. The first kappa shape index (κ1) is 19.8. The number of rotatable bonds is 5. The SMILES string of the molecule is Cc1ccc(-c2cn(C(=O)N(CCc3ccccc3)CC(C)(C)C)nn2)cc1. The molecular weight excluding hydrogens is 348 g/mol. The molecule has 0 fully saturated rings. The lowest BCUT2D eigenvalue weighted by atomic mass is 9.96. The summed E-state index contributed by atoms with van der Waals surface area (Å²) in [6.07, 6.45) is 2.52. The lowest BCUT2D eigenvalue weighted by molar-refractivity contribution is 0.172. The maximum Gasteiger partial charge on any atom is 0.346 e. The molecule has 1 aromatic heterocycles. The zero-order valence-electron chi connectivity index (χ0n) is 17.1. The van der Waals surface area contributed by atoms with E-state index in [9.17, 15) is 4.79 Å². The van der Waals surface area contributed by atoms with Gasteiger partial charge in [-0.2, -0.15) is 4.68 Å². The van der Waals surface area contributed by atoms with E-state index in [1.165, 1.54) is 15.8 Å². The quantitative estimate of drug-likeness (QED) is 0.642. The van der Waals surface area contributed by atoms with E-state index in [1.807, 2.05) is 54.3 Å². The minimum atomic E-state index is -0.142. The lowest BCUT2D eigenvalue weighted by Gasteiger charge is -2.29. The molecule has 2 aromatic carbocycles. The largest absolute Gasteiger partial charge is 0.346 e. The topological polar surface area (TPSA) is 51.0 Å². The van der Waals surface area contributed by atoms with Crippen molar-refractivity contribution < 1.29 is 4.79 Å². The van der Waals surface area contributed by atoms with Crippen LogP contribution in [0.25, 0.3) is 11.3 Å². The van der Waals surface area contributed by atoms with E-state index in [4.69, 9.17) is 0 Å². The van der Waals surface area contributed by atoms with Gasteiger partial charge in [0.25, 0.3) is 0 Å². The summed E-state index contributed by atoms with van der Waals surface area (Å²) in [5, 5.41) is 8.30. The van der Waals surface area contributed by atoms with E-state index in [1.54, 1.807) is 6.20 Å². The highest BCUT2D eigenvalue weighted by Gasteiger charge is 2.23. The molecule has 1 heterocycles. The third-order valence-corrected chi connectivity index (χ3v) is 4.49. The Hall–Kier alpha value is -2.95. The molecule has 0 aliphatic carbocycles. The zero-order valence-corrected chi connectivity index (χ0v) is 17.1. The maximum atomic E-state index is 13.1. The van der Waals surface area contributed by atoms with Gasteiger partial charge in [-0.25, -0.2) is 4.79 Å². The van der Waals surface area contributed by atoms with Crippen molar-refractivity contribution in [3.63, 3.8) is 0 Å². The number of aryl methyl sites for hydroxylation is 1. The summed E-state index contributed by atoms with van der Waals surface area (Å²) in [7, 11) is 0. The van der Waals surface area contributed by atoms with Crippen LogP contribution in [0.2, 0.25) is 0 Å². The Morgan fingerprint density at radius 3 is 2.36 bits per heavy atom. The highest BCUT2D eigenvalue weighted by Crippen LogP contribution is 2.19. The van der Waals surface area contributed by atoms with E-state index in [2.05, 4.69) is 43.2 Å². The summed E-state index contributed by atoms with van der Waals surface area (Å²) in [5.74, 6) is 0. The van der Waals surface area contributed by atoms with Crippen LogP contribution in [-0.2, 0) is 6.42 Å². The van der Waals surface area contributed by atoms with Crippen LogP contribution in [0.3, 0.4) is 0 Å². The summed E-state index contributed by atoms with van der Waals surface area (Å²) in [6, 6.07) is 18.1. The highest BCUT2D eigenvalue weighted by atomic mass is 16.2. The fourth-order valence-electron chi connectivity index (χ4n) is 3.08. The Kier molecular flexibility index (Phi) is 5.93. The molecule has 0 atom stereocenters. The normalized spacial score (nSPS) is 11.4. The van der Waals surface area contributed by atoms with Crippen LogP contribution in [0.1, 0.15) is 31.9 Å². The fourth-order valence-corrected chi connectivity index (χ4v) is 3.08. The van der Waals surface area contributed by atoms with Crippen molar-refractivity contribution in [2.45, 2.75) is 34.1 Å². The summed E-state index contributed by atoms with van der Waals surface area (Å²) >= 11 is 0. The molecule has 5 nitrogen and oxygen atoms in total. The van der Waals surface area contributed by atoms with Crippen LogP contribution in [0.5, 0.6) is 0 Å². The molecule has 0 N–H and O–H groups in total. The number of hydrogen-bond donors (Lipinski definition) is 0. The molecule has 3 aromatic rings. The molecule has 28 heavy (non-hydrogen) atoms. The molecule has 146 valence electrons. The van der Waals surface area contributed by atoms with Crippen LogP contribution in [0.4, 0.5) is 4.79 Å². The summed E-state index contributed by atoms with van der Waals surface area (Å²) in [5.41, 5.74) is 4.05. The number of carbonyl (C=O) groups excluding carboxylic acids is 1. The highest BCUT2D eigenvalue weighted by molar-refractivity contribution is 5.77. The van der Waals surface area contributed by atoms with E-state index in [0.29, 0.717) is 18.8 Å². The van der Waals surface area contributed by atoms with E-state index >= 15 is 0 Å². The van der Waals surface area contributed by atoms with Gasteiger partial charge in [-0.3, -0.25) is 0 Å². The summed E-state index contributed by atoms with van der Waals surface area (Å²) in [4.78, 5) is 15.0. The fraction of sp³-hybridized carbons (Fsp3) is 0.348. The predicted molar refractivity (Wildman–Crippen MR) is 112 cm³/mol. The average molecular weight is 377 g/mol. The standard InChI is InChI=1S/C23H28N4O/c1-18-10-12-20(13-11-18)21-16-27(25-24-21)22(28)26(17-23(2,3)4)15-14-19-8-6-5-7-9-19/h5-13,16H,14-15,17H2,1-4H3. The van der Waals surface area contributed by atoms with E-state index in [0.717, 1.165) is 12.0 Å². The number of benzene rings is 2. The van der Waals surface area contributed by atoms with Gasteiger partial charge in [0.05, 0.1) is 6.20 Å². The van der Waals surface area contributed by atoms with Crippen molar-refractivity contribution in [1.29, 1.82) is 0 Å². The second-order valence-corrected chi connectivity index (χ2v) is 8.41. The number of amides is 1. The molecule has 0 spiro atoms. The van der Waals surface area contributed by atoms with Crippen molar-refractivity contribution in [1.82, 2.24) is 19.9 Å². The van der Waals surface area contributed by atoms with Crippen LogP contribution in [-0.4, -0.2) is 39.0 Å². The van der Waals surface area contributed by atoms with E-state index in [-0.39, 0.29) is 11.4 Å². The zero-order chi connectivity index (χ0) is 20.1. The van der Waals surface area contributed by atoms with Gasteiger partial charge in [0.1, 0.15) is 5.69 Å². The number of nitrogens with zero attached hydrogens (tertiary/aromatic N) is 4. The summed E-state index contributed by atoms with van der Waals surface area (Å²) in [6.45, 7) is 9.73. The molecule has 3 rings (SSSR count). The molecule has 0 unspecified atom stereocenters. The Labute approximate surface area is 167 Å². The average Bonchev–Trinajstić information content (AvgIpc) is 3.15. The van der Waals surface area contributed by atoms with Crippen LogP contribution in [0, 0.1) is 12.3 Å². The number of aromatic nitrogens is 3. The molecule has 1 amide bonds. The van der Waals surface area contributed by atoms with E-state index < -0.39 is 0 Å². The minimum absolute atomic E-state index is 0.00723. The molecule has 0 aliphatic heterocycles. The second kappa shape index (κ2) is 8.38. The van der Waals surface area contributed by atoms with Gasteiger partial charge >= 0.3 is 6.03 Å². The van der Waals surface area contributed by atoms with Crippen molar-refractivity contribution >= 4 is 6.03 Å². The van der Waals surface area contributed by atoms with Crippen LogP contribution in [0.15, 0.2) is 60.8 Å². The maximum absolute atomic E-state index is 13.1. The van der Waals surface area contributed by atoms with Gasteiger partial charge < -0.3 is 4.90 Å². The third kappa shape index (κ3) is 5.28. The second-order valence-electron chi connectivity index (χ2n) is 8.41. The molecule has 0 saturated heterocycles. The molecule has 5 heteroatoms. The Morgan fingerprint density at radius 2 is 1.71 bits per heavy atom. The first-order valence-electron chi connectivity index (χ1n) is 9.64. The van der Waals surface area contributed by atoms with Crippen molar-refractivity contribution in [3.05, 3.63) is 71.9 Å². The molecule has 0 radical (unpaired) electrons. The van der Waals surface area contributed by atoms with Gasteiger partial charge in [-0.15, -0.1) is 5.10 Å².